The number of hydrogen-bond acceptors (Lipinski definition) is 2. The van der Waals surface area contributed by atoms with Gasteiger partial charge in [0.25, 0.3) is 0 Å². The van der Waals surface area contributed by atoms with E-state index in [9.17, 15) is 5.26 Å². The zero-order chi connectivity index (χ0) is 26.6. The van der Waals surface area contributed by atoms with Crippen LogP contribution in [0.5, 0.6) is 0 Å². The molecule has 0 fully saturated rings. The maximum Gasteiger partial charge on any atom is 0.0991 e. The lowest BCUT2D eigenvalue weighted by atomic mass is 9.92. The van der Waals surface area contributed by atoms with E-state index in [2.05, 4.69) is 132 Å². The van der Waals surface area contributed by atoms with Crippen LogP contribution in [0.2, 0.25) is 0 Å². The molecule has 0 radical (unpaired) electrons. The van der Waals surface area contributed by atoms with Gasteiger partial charge in [-0.2, -0.15) is 5.26 Å². The molecule has 0 aliphatic carbocycles. The van der Waals surface area contributed by atoms with Crippen LogP contribution in [0.3, 0.4) is 0 Å². The van der Waals surface area contributed by atoms with E-state index in [1.807, 2.05) is 23.5 Å². The Bertz CT molecular complexity index is 2240. The minimum absolute atomic E-state index is 0.647. The molecule has 8 aromatic rings. The minimum atomic E-state index is 0.647. The molecular formula is C37H22N2S. The van der Waals surface area contributed by atoms with Crippen LogP contribution in [0, 0.1) is 11.3 Å². The van der Waals surface area contributed by atoms with Crippen molar-refractivity contribution in [2.45, 2.75) is 0 Å². The van der Waals surface area contributed by atoms with Crippen molar-refractivity contribution in [2.75, 3.05) is 0 Å². The largest absolute Gasteiger partial charge is 0.309 e. The molecule has 3 heteroatoms. The molecule has 0 unspecified atom stereocenters. The number of fused-ring (bicyclic) bond motifs is 6. The van der Waals surface area contributed by atoms with Crippen LogP contribution < -0.4 is 0 Å². The quantitative estimate of drug-likeness (QED) is 0.225. The van der Waals surface area contributed by atoms with Gasteiger partial charge in [-0.1, -0.05) is 84.9 Å². The molecule has 2 aromatic heterocycles. The molecule has 2 nitrogen and oxygen atoms in total. The van der Waals surface area contributed by atoms with Crippen LogP contribution in [-0.4, -0.2) is 4.57 Å². The molecule has 0 aliphatic rings. The third kappa shape index (κ3) is 3.41. The van der Waals surface area contributed by atoms with Gasteiger partial charge in [-0.15, -0.1) is 11.3 Å². The average Bonchev–Trinajstić information content (AvgIpc) is 3.56. The average molecular weight is 527 g/mol. The Morgan fingerprint density at radius 1 is 0.500 bits per heavy atom. The molecule has 40 heavy (non-hydrogen) atoms. The van der Waals surface area contributed by atoms with Crippen LogP contribution in [0.25, 0.3) is 69.9 Å². The van der Waals surface area contributed by atoms with Crippen molar-refractivity contribution in [1.29, 1.82) is 5.26 Å². The molecule has 2 heterocycles. The molecular weight excluding hydrogens is 504 g/mol. The van der Waals surface area contributed by atoms with Crippen LogP contribution in [0.4, 0.5) is 0 Å². The van der Waals surface area contributed by atoms with Gasteiger partial charge in [-0.25, -0.2) is 0 Å². The van der Waals surface area contributed by atoms with E-state index in [4.69, 9.17) is 0 Å². The summed E-state index contributed by atoms with van der Waals surface area (Å²) in [5, 5.41) is 14.9. The van der Waals surface area contributed by atoms with Gasteiger partial charge >= 0.3 is 0 Å². The van der Waals surface area contributed by atoms with E-state index in [1.54, 1.807) is 0 Å². The highest BCUT2D eigenvalue weighted by Crippen LogP contribution is 2.42. The maximum atomic E-state index is 9.90. The molecule has 0 amide bonds. The van der Waals surface area contributed by atoms with Gasteiger partial charge in [0.2, 0.25) is 0 Å². The Kier molecular flexibility index (Phi) is 5.10. The lowest BCUT2D eigenvalue weighted by Crippen LogP contribution is -1.99. The molecule has 0 saturated carbocycles. The van der Waals surface area contributed by atoms with Crippen molar-refractivity contribution in [1.82, 2.24) is 4.57 Å². The first-order chi connectivity index (χ1) is 19.8. The number of hydrogen-bond donors (Lipinski definition) is 0. The van der Waals surface area contributed by atoms with Gasteiger partial charge in [-0.3, -0.25) is 0 Å². The number of nitrogens with zero attached hydrogens (tertiary/aromatic N) is 2. The highest BCUT2D eigenvalue weighted by atomic mass is 32.1. The van der Waals surface area contributed by atoms with Gasteiger partial charge in [-0.05, 0) is 65.2 Å². The standard InChI is InChI=1S/C37H22N2S/c38-23-24-17-19-35(39-33-14-6-3-11-28(33)29-12-4-7-15-34(29)39)31(21-24)27-10-2-1-9-26(27)25-18-20-37-32(22-25)30-13-5-8-16-36(30)40-37/h1-22H. The van der Waals surface area contributed by atoms with Crippen molar-refractivity contribution >= 4 is 53.3 Å². The third-order valence-corrected chi connectivity index (χ3v) is 9.00. The lowest BCUT2D eigenvalue weighted by molar-refractivity contribution is 1.18. The molecule has 0 spiro atoms. The Morgan fingerprint density at radius 2 is 1.12 bits per heavy atom. The zero-order valence-electron chi connectivity index (χ0n) is 21.5. The number of nitriles is 1. The fourth-order valence-corrected chi connectivity index (χ4v) is 7.15. The van der Waals surface area contributed by atoms with E-state index in [0.29, 0.717) is 5.56 Å². The normalized spacial score (nSPS) is 11.5. The number of aromatic nitrogens is 1. The molecule has 186 valence electrons. The molecule has 6 aromatic carbocycles. The van der Waals surface area contributed by atoms with E-state index >= 15 is 0 Å². The highest BCUT2D eigenvalue weighted by Gasteiger charge is 2.18. The second kappa shape index (κ2) is 8.95. The smallest absolute Gasteiger partial charge is 0.0991 e. The Morgan fingerprint density at radius 3 is 1.88 bits per heavy atom. The second-order valence-electron chi connectivity index (χ2n) is 10.1. The fourth-order valence-electron chi connectivity index (χ4n) is 6.06. The lowest BCUT2D eigenvalue weighted by Gasteiger charge is -2.17. The number of benzene rings is 6. The summed E-state index contributed by atoms with van der Waals surface area (Å²) in [4.78, 5) is 0. The van der Waals surface area contributed by atoms with E-state index in [-0.39, 0.29) is 0 Å². The van der Waals surface area contributed by atoms with Crippen molar-refractivity contribution in [2.24, 2.45) is 0 Å². The SMILES string of the molecule is N#Cc1ccc(-n2c3ccccc3c3ccccc32)c(-c2ccccc2-c2ccc3sc4ccccc4c3c2)c1. The van der Waals surface area contributed by atoms with Gasteiger partial charge in [0.05, 0.1) is 28.4 Å². The molecule has 0 aliphatic heterocycles. The summed E-state index contributed by atoms with van der Waals surface area (Å²) in [5.41, 5.74) is 8.47. The Labute approximate surface area is 235 Å². The fraction of sp³-hybridized carbons (Fsp3) is 0. The van der Waals surface area contributed by atoms with Crippen molar-refractivity contribution in [3.63, 3.8) is 0 Å². The van der Waals surface area contributed by atoms with Gasteiger partial charge in [0.1, 0.15) is 0 Å². The van der Waals surface area contributed by atoms with E-state index in [0.717, 1.165) is 33.4 Å². The van der Waals surface area contributed by atoms with E-state index in [1.165, 1.54) is 36.5 Å². The third-order valence-electron chi connectivity index (χ3n) is 7.85. The second-order valence-corrected chi connectivity index (χ2v) is 11.2. The van der Waals surface area contributed by atoms with Crippen LogP contribution in [-0.2, 0) is 0 Å². The summed E-state index contributed by atoms with van der Waals surface area (Å²) in [5.74, 6) is 0. The van der Waals surface area contributed by atoms with E-state index < -0.39 is 0 Å². The van der Waals surface area contributed by atoms with Crippen LogP contribution >= 0.6 is 11.3 Å². The minimum Gasteiger partial charge on any atom is -0.309 e. The summed E-state index contributed by atoms with van der Waals surface area (Å²) in [6.07, 6.45) is 0. The predicted molar refractivity (Wildman–Crippen MR) is 169 cm³/mol. The highest BCUT2D eigenvalue weighted by molar-refractivity contribution is 7.25. The first-order valence-electron chi connectivity index (χ1n) is 13.3. The summed E-state index contributed by atoms with van der Waals surface area (Å²) in [6, 6.07) is 49.5. The maximum absolute atomic E-state index is 9.90. The summed E-state index contributed by atoms with van der Waals surface area (Å²) in [6.45, 7) is 0. The summed E-state index contributed by atoms with van der Waals surface area (Å²) >= 11 is 1.83. The van der Waals surface area contributed by atoms with Gasteiger partial charge in [0, 0.05) is 36.5 Å². The molecule has 8 rings (SSSR count). The molecule has 0 saturated heterocycles. The summed E-state index contributed by atoms with van der Waals surface area (Å²) in [7, 11) is 0. The number of para-hydroxylation sites is 2. The first kappa shape index (κ1) is 22.8. The molecule has 0 N–H and O–H groups in total. The first-order valence-corrected chi connectivity index (χ1v) is 14.2. The van der Waals surface area contributed by atoms with Crippen LogP contribution in [0.15, 0.2) is 133 Å². The number of rotatable bonds is 3. The molecule has 0 bridgehead atoms. The Balaban J connectivity index is 1.42. The predicted octanol–water partition coefficient (Wildman–Crippen LogP) is 10.4. The summed E-state index contributed by atoms with van der Waals surface area (Å²) < 4.78 is 4.94. The van der Waals surface area contributed by atoms with Crippen molar-refractivity contribution < 1.29 is 0 Å². The van der Waals surface area contributed by atoms with Crippen molar-refractivity contribution in [3.8, 4) is 34.0 Å². The number of thiophene rings is 1. The topological polar surface area (TPSA) is 28.7 Å². The molecule has 0 atom stereocenters. The van der Waals surface area contributed by atoms with Gasteiger partial charge < -0.3 is 4.57 Å². The zero-order valence-corrected chi connectivity index (χ0v) is 22.3. The van der Waals surface area contributed by atoms with Gasteiger partial charge in [0.15, 0.2) is 0 Å². The van der Waals surface area contributed by atoms with Crippen LogP contribution in [0.1, 0.15) is 5.56 Å². The Hall–Kier alpha value is -5.17. The monoisotopic (exact) mass is 526 g/mol. The van der Waals surface area contributed by atoms with Crippen molar-refractivity contribution in [3.05, 3.63) is 139 Å².